The molecule has 0 bridgehead atoms. The molecule has 0 aromatic heterocycles. The van der Waals surface area contributed by atoms with Gasteiger partial charge >= 0.3 is 0 Å². The molecule has 1 N–H and O–H groups in total. The van der Waals surface area contributed by atoms with E-state index >= 15 is 0 Å². The van der Waals surface area contributed by atoms with Crippen LogP contribution < -0.4 is 10.1 Å². The lowest BCUT2D eigenvalue weighted by atomic mass is 10.1. The molecule has 1 atom stereocenters. The highest BCUT2D eigenvalue weighted by molar-refractivity contribution is 6.30. The monoisotopic (exact) mass is 283 g/mol. The molecule has 0 aliphatic carbocycles. The van der Waals surface area contributed by atoms with Crippen molar-refractivity contribution in [2.45, 2.75) is 52.5 Å². The van der Waals surface area contributed by atoms with Crippen molar-refractivity contribution < 1.29 is 4.74 Å². The van der Waals surface area contributed by atoms with Gasteiger partial charge in [-0.3, -0.25) is 0 Å². The molecule has 0 saturated heterocycles. The van der Waals surface area contributed by atoms with Crippen molar-refractivity contribution in [1.29, 1.82) is 0 Å². The van der Waals surface area contributed by atoms with Crippen molar-refractivity contribution in [3.8, 4) is 5.75 Å². The largest absolute Gasteiger partial charge is 0.492 e. The van der Waals surface area contributed by atoms with Crippen LogP contribution in [0.15, 0.2) is 18.2 Å². The summed E-state index contributed by atoms with van der Waals surface area (Å²) in [4.78, 5) is 0. The van der Waals surface area contributed by atoms with E-state index in [0.29, 0.717) is 12.6 Å². The fourth-order valence-corrected chi connectivity index (χ4v) is 2.16. The second-order valence-corrected chi connectivity index (χ2v) is 5.55. The number of halogens is 1. The molecule has 108 valence electrons. The Bertz CT molecular complexity index is 368. The van der Waals surface area contributed by atoms with Gasteiger partial charge in [-0.25, -0.2) is 0 Å². The molecular formula is C16H26ClNO. The lowest BCUT2D eigenvalue weighted by molar-refractivity contribution is 0.302. The first-order valence-electron chi connectivity index (χ1n) is 7.25. The van der Waals surface area contributed by atoms with Gasteiger partial charge in [-0.1, -0.05) is 43.9 Å². The number of hydrogen-bond acceptors (Lipinski definition) is 2. The van der Waals surface area contributed by atoms with Gasteiger partial charge in [0.1, 0.15) is 12.4 Å². The molecule has 0 aliphatic rings. The van der Waals surface area contributed by atoms with E-state index in [1.165, 1.54) is 25.7 Å². The molecular weight excluding hydrogens is 258 g/mol. The normalized spacial score (nSPS) is 12.4. The highest BCUT2D eigenvalue weighted by atomic mass is 35.5. The van der Waals surface area contributed by atoms with E-state index in [4.69, 9.17) is 16.3 Å². The minimum absolute atomic E-state index is 0.565. The van der Waals surface area contributed by atoms with Crippen molar-refractivity contribution in [3.63, 3.8) is 0 Å². The highest BCUT2D eigenvalue weighted by Crippen LogP contribution is 2.22. The Labute approximate surface area is 122 Å². The molecule has 0 aliphatic heterocycles. The van der Waals surface area contributed by atoms with Gasteiger partial charge in [0.2, 0.25) is 0 Å². The molecule has 0 amide bonds. The van der Waals surface area contributed by atoms with E-state index in [2.05, 4.69) is 19.2 Å². The third-order valence-corrected chi connectivity index (χ3v) is 3.48. The number of aryl methyl sites for hydroxylation is 1. The van der Waals surface area contributed by atoms with Crippen molar-refractivity contribution >= 4 is 11.6 Å². The minimum atomic E-state index is 0.565. The Morgan fingerprint density at radius 2 is 2.11 bits per heavy atom. The van der Waals surface area contributed by atoms with Crippen molar-refractivity contribution in [1.82, 2.24) is 5.32 Å². The zero-order chi connectivity index (χ0) is 14.1. The van der Waals surface area contributed by atoms with Gasteiger partial charge in [0.15, 0.2) is 0 Å². The Hall–Kier alpha value is -0.730. The summed E-state index contributed by atoms with van der Waals surface area (Å²) in [5.41, 5.74) is 1.13. The molecule has 1 unspecified atom stereocenters. The second-order valence-electron chi connectivity index (χ2n) is 5.11. The summed E-state index contributed by atoms with van der Waals surface area (Å²) in [5, 5.41) is 4.21. The van der Waals surface area contributed by atoms with Gasteiger partial charge in [0.25, 0.3) is 0 Å². The first kappa shape index (κ1) is 16.3. The van der Waals surface area contributed by atoms with Gasteiger partial charge in [-0.05, 0) is 38.0 Å². The number of benzene rings is 1. The van der Waals surface area contributed by atoms with Crippen LogP contribution in [0.25, 0.3) is 0 Å². The summed E-state index contributed by atoms with van der Waals surface area (Å²) in [6.45, 7) is 8.06. The number of ether oxygens (including phenoxy) is 1. The third kappa shape index (κ3) is 6.84. The van der Waals surface area contributed by atoms with Crippen molar-refractivity contribution in [3.05, 3.63) is 28.8 Å². The maximum Gasteiger partial charge on any atom is 0.123 e. The maximum absolute atomic E-state index is 5.96. The summed E-state index contributed by atoms with van der Waals surface area (Å²) in [5.74, 6) is 0.882. The number of nitrogens with one attached hydrogen (secondary N) is 1. The smallest absolute Gasteiger partial charge is 0.123 e. The molecule has 0 radical (unpaired) electrons. The lowest BCUT2D eigenvalue weighted by Gasteiger charge is -2.14. The van der Waals surface area contributed by atoms with Crippen LogP contribution in [0, 0.1) is 6.92 Å². The molecule has 0 heterocycles. The Balaban J connectivity index is 2.18. The van der Waals surface area contributed by atoms with Crippen LogP contribution in [0.4, 0.5) is 0 Å². The van der Waals surface area contributed by atoms with Crippen LogP contribution in [-0.2, 0) is 0 Å². The van der Waals surface area contributed by atoms with E-state index in [-0.39, 0.29) is 0 Å². The highest BCUT2D eigenvalue weighted by Gasteiger charge is 2.02. The van der Waals surface area contributed by atoms with Crippen LogP contribution in [0.2, 0.25) is 5.02 Å². The molecule has 1 aromatic rings. The molecule has 1 aromatic carbocycles. The van der Waals surface area contributed by atoms with Gasteiger partial charge in [0.05, 0.1) is 0 Å². The molecule has 19 heavy (non-hydrogen) atoms. The summed E-state index contributed by atoms with van der Waals surface area (Å²) in [6, 6.07) is 6.31. The molecule has 0 saturated carbocycles. The van der Waals surface area contributed by atoms with Gasteiger partial charge < -0.3 is 10.1 Å². The Kier molecular flexibility index (Phi) is 7.92. The number of unbranched alkanes of at least 4 members (excludes halogenated alkanes) is 2. The zero-order valence-electron chi connectivity index (χ0n) is 12.3. The molecule has 1 rings (SSSR count). The van der Waals surface area contributed by atoms with E-state index < -0.39 is 0 Å². The van der Waals surface area contributed by atoms with E-state index in [9.17, 15) is 0 Å². The summed E-state index contributed by atoms with van der Waals surface area (Å²) in [7, 11) is 0. The Morgan fingerprint density at radius 3 is 2.84 bits per heavy atom. The summed E-state index contributed by atoms with van der Waals surface area (Å²) >= 11 is 5.96. The van der Waals surface area contributed by atoms with Gasteiger partial charge in [-0.2, -0.15) is 0 Å². The molecule has 0 fully saturated rings. The van der Waals surface area contributed by atoms with Gasteiger partial charge in [-0.15, -0.1) is 0 Å². The second kappa shape index (κ2) is 9.22. The standard InChI is InChI=1S/C16H26ClNO/c1-4-5-6-7-14(3)18-10-11-19-16-12-15(17)9-8-13(16)2/h8-9,12,14,18H,4-7,10-11H2,1-3H3. The SMILES string of the molecule is CCCCCC(C)NCCOc1cc(Cl)ccc1C. The molecule has 2 nitrogen and oxygen atoms in total. The molecule has 0 spiro atoms. The fourth-order valence-electron chi connectivity index (χ4n) is 2.00. The predicted octanol–water partition coefficient (Wildman–Crippen LogP) is 4.59. The molecule has 3 heteroatoms. The average Bonchev–Trinajstić information content (AvgIpc) is 2.39. The quantitative estimate of drug-likeness (QED) is 0.670. The first-order chi connectivity index (χ1) is 9.13. The summed E-state index contributed by atoms with van der Waals surface area (Å²) < 4.78 is 5.75. The van der Waals surface area contributed by atoms with E-state index in [1.807, 2.05) is 25.1 Å². The summed E-state index contributed by atoms with van der Waals surface area (Å²) in [6.07, 6.45) is 5.15. The minimum Gasteiger partial charge on any atom is -0.492 e. The van der Waals surface area contributed by atoms with Crippen molar-refractivity contribution in [2.75, 3.05) is 13.2 Å². The zero-order valence-corrected chi connectivity index (χ0v) is 13.1. The van der Waals surface area contributed by atoms with Crippen LogP contribution in [0.1, 0.15) is 45.1 Å². The fraction of sp³-hybridized carbons (Fsp3) is 0.625. The van der Waals surface area contributed by atoms with Crippen LogP contribution >= 0.6 is 11.6 Å². The van der Waals surface area contributed by atoms with E-state index in [0.717, 1.165) is 22.9 Å². The van der Waals surface area contributed by atoms with Crippen LogP contribution in [0.3, 0.4) is 0 Å². The topological polar surface area (TPSA) is 21.3 Å². The van der Waals surface area contributed by atoms with E-state index in [1.54, 1.807) is 0 Å². The van der Waals surface area contributed by atoms with Crippen LogP contribution in [-0.4, -0.2) is 19.2 Å². The average molecular weight is 284 g/mol. The van der Waals surface area contributed by atoms with Crippen molar-refractivity contribution in [2.24, 2.45) is 0 Å². The number of hydrogen-bond donors (Lipinski definition) is 1. The van der Waals surface area contributed by atoms with Gasteiger partial charge in [0, 0.05) is 17.6 Å². The lowest BCUT2D eigenvalue weighted by Crippen LogP contribution is -2.30. The Morgan fingerprint density at radius 1 is 1.32 bits per heavy atom. The number of rotatable bonds is 9. The maximum atomic E-state index is 5.96. The van der Waals surface area contributed by atoms with Crippen LogP contribution in [0.5, 0.6) is 5.75 Å². The third-order valence-electron chi connectivity index (χ3n) is 3.24. The predicted molar refractivity (Wildman–Crippen MR) is 83.3 cm³/mol. The first-order valence-corrected chi connectivity index (χ1v) is 7.63.